The van der Waals surface area contributed by atoms with E-state index in [0.29, 0.717) is 16.4 Å². The fourth-order valence-corrected chi connectivity index (χ4v) is 7.80. The molecule has 2 unspecified atom stereocenters. The molecule has 5 rings (SSSR count). The van der Waals surface area contributed by atoms with Crippen LogP contribution < -0.4 is 0 Å². The first-order valence-corrected chi connectivity index (χ1v) is 17.4. The molecule has 13 heteroatoms. The van der Waals surface area contributed by atoms with Gasteiger partial charge >= 0.3 is 12.1 Å². The summed E-state index contributed by atoms with van der Waals surface area (Å²) < 4.78 is 25.7. The SMILES string of the molecule is CC1(C(=O)O)C[N+](C(=O)O)(C(C)(C)C)CCN1Cc1cc(-c2ccc(-c3cccc(S(C)(=O)=O)c3)s2)n(-c2ccccc2Cl)n1. The molecular formula is C32H36ClN4O6S2+. The summed E-state index contributed by atoms with van der Waals surface area (Å²) in [5.41, 5.74) is 0.543. The van der Waals surface area contributed by atoms with Gasteiger partial charge in [-0.1, -0.05) is 35.9 Å². The normalized spacial score (nSPS) is 21.1. The molecule has 1 fully saturated rings. The molecule has 1 amide bonds. The molecule has 1 aliphatic heterocycles. The number of halogens is 1. The number of para-hydroxylation sites is 1. The van der Waals surface area contributed by atoms with Crippen LogP contribution in [0.4, 0.5) is 4.79 Å². The third-order valence-electron chi connectivity index (χ3n) is 8.74. The van der Waals surface area contributed by atoms with Crippen molar-refractivity contribution >= 4 is 44.8 Å². The van der Waals surface area contributed by atoms with E-state index in [1.54, 1.807) is 40.8 Å². The second-order valence-electron chi connectivity index (χ2n) is 12.7. The van der Waals surface area contributed by atoms with Gasteiger partial charge in [-0.05, 0) is 75.7 Å². The van der Waals surface area contributed by atoms with E-state index in [0.717, 1.165) is 21.0 Å². The molecule has 1 aliphatic rings. The van der Waals surface area contributed by atoms with E-state index in [-0.39, 0.29) is 35.6 Å². The van der Waals surface area contributed by atoms with Crippen LogP contribution >= 0.6 is 22.9 Å². The molecule has 0 bridgehead atoms. The lowest BCUT2D eigenvalue weighted by molar-refractivity contribution is -0.912. The Kier molecular flexibility index (Phi) is 8.51. The highest BCUT2D eigenvalue weighted by Gasteiger charge is 2.59. The molecule has 0 radical (unpaired) electrons. The van der Waals surface area contributed by atoms with Gasteiger partial charge in [-0.3, -0.25) is 4.90 Å². The molecule has 2 atom stereocenters. The van der Waals surface area contributed by atoms with E-state index in [1.807, 2.05) is 63.2 Å². The highest BCUT2D eigenvalue weighted by atomic mass is 35.5. The predicted molar refractivity (Wildman–Crippen MR) is 175 cm³/mol. The van der Waals surface area contributed by atoms with Crippen LogP contribution in [0, 0.1) is 0 Å². The average molecular weight is 672 g/mol. The van der Waals surface area contributed by atoms with Crippen LogP contribution in [0.25, 0.3) is 26.7 Å². The van der Waals surface area contributed by atoms with Crippen LogP contribution in [0.3, 0.4) is 0 Å². The molecule has 2 aromatic carbocycles. The highest BCUT2D eigenvalue weighted by Crippen LogP contribution is 2.39. The Hall–Kier alpha value is -3.55. The zero-order chi connectivity index (χ0) is 32.9. The summed E-state index contributed by atoms with van der Waals surface area (Å²) in [4.78, 5) is 29.1. The van der Waals surface area contributed by atoms with Gasteiger partial charge in [0.15, 0.2) is 15.4 Å². The van der Waals surface area contributed by atoms with E-state index >= 15 is 0 Å². The molecule has 238 valence electrons. The van der Waals surface area contributed by atoms with Crippen molar-refractivity contribution in [3.8, 4) is 26.7 Å². The van der Waals surface area contributed by atoms with Crippen LogP contribution in [-0.2, 0) is 21.2 Å². The van der Waals surface area contributed by atoms with Crippen molar-refractivity contribution in [1.29, 1.82) is 0 Å². The molecule has 4 aromatic rings. The van der Waals surface area contributed by atoms with E-state index in [9.17, 15) is 28.2 Å². The molecule has 2 aromatic heterocycles. The number of quaternary nitrogens is 1. The summed E-state index contributed by atoms with van der Waals surface area (Å²) >= 11 is 8.08. The molecule has 3 heterocycles. The van der Waals surface area contributed by atoms with Crippen LogP contribution in [0.1, 0.15) is 33.4 Å². The molecule has 2 N–H and O–H groups in total. The number of thiophene rings is 1. The fraction of sp³-hybridized carbons (Fsp3) is 0.344. The largest absolute Gasteiger partial charge is 0.514 e. The summed E-state index contributed by atoms with van der Waals surface area (Å²) in [5, 5.41) is 26.1. The second-order valence-corrected chi connectivity index (χ2v) is 16.2. The van der Waals surface area contributed by atoms with Crippen molar-refractivity contribution in [3.05, 3.63) is 77.4 Å². The summed E-state index contributed by atoms with van der Waals surface area (Å²) in [6, 6.07) is 19.8. The van der Waals surface area contributed by atoms with Gasteiger partial charge in [0.2, 0.25) is 0 Å². The van der Waals surface area contributed by atoms with Crippen molar-refractivity contribution in [1.82, 2.24) is 14.7 Å². The number of aromatic nitrogens is 2. The summed E-state index contributed by atoms with van der Waals surface area (Å²) in [7, 11) is -3.38. The maximum absolute atomic E-state index is 12.8. The van der Waals surface area contributed by atoms with E-state index in [1.165, 1.54) is 17.6 Å². The Labute approximate surface area is 271 Å². The lowest BCUT2D eigenvalue weighted by Gasteiger charge is -2.53. The molecule has 1 saturated heterocycles. The summed E-state index contributed by atoms with van der Waals surface area (Å²) in [5.74, 6) is -1.10. The summed E-state index contributed by atoms with van der Waals surface area (Å²) in [6.45, 7) is 7.58. The van der Waals surface area contributed by atoms with Gasteiger partial charge in [0.25, 0.3) is 0 Å². The molecule has 0 aliphatic carbocycles. The molecular weight excluding hydrogens is 636 g/mol. The minimum absolute atomic E-state index is 0.111. The Balaban J connectivity index is 1.56. The highest BCUT2D eigenvalue weighted by molar-refractivity contribution is 7.90. The zero-order valence-corrected chi connectivity index (χ0v) is 28.1. The Bertz CT molecular complexity index is 1900. The van der Waals surface area contributed by atoms with Gasteiger partial charge in [-0.25, -0.2) is 22.4 Å². The molecule has 0 saturated carbocycles. The molecule has 0 spiro atoms. The standard InChI is InChI=1S/C32H35ClN4O6S2/c1-31(2,3)37(30(40)41)16-15-35(32(4,20-37)29(38)39)19-22-18-26(36(34-22)25-12-7-6-11-24(25)33)28-14-13-27(44-28)21-9-8-10-23(17-21)45(5,42)43/h6-14,17-18H,15-16,19-20H2,1-5H3,(H-,38,39,40,41)/p+1. The van der Waals surface area contributed by atoms with Gasteiger partial charge in [-0.15, -0.1) is 11.3 Å². The maximum Gasteiger partial charge on any atom is 0.514 e. The number of sulfone groups is 1. The maximum atomic E-state index is 12.8. The van der Waals surface area contributed by atoms with Crippen LogP contribution in [0.2, 0.25) is 5.02 Å². The number of carbonyl (C=O) groups is 2. The second kappa shape index (κ2) is 11.7. The van der Waals surface area contributed by atoms with Crippen molar-refractivity contribution in [2.75, 3.05) is 25.9 Å². The number of hydrogen-bond acceptors (Lipinski definition) is 7. The number of piperazine rings is 1. The smallest absolute Gasteiger partial charge is 0.480 e. The van der Waals surface area contributed by atoms with E-state index in [4.69, 9.17) is 16.7 Å². The van der Waals surface area contributed by atoms with Gasteiger partial charge in [0.05, 0.1) is 31.9 Å². The first-order valence-electron chi connectivity index (χ1n) is 14.3. The minimum Gasteiger partial charge on any atom is -0.480 e. The van der Waals surface area contributed by atoms with Gasteiger partial charge in [-0.2, -0.15) is 9.89 Å². The predicted octanol–water partition coefficient (Wildman–Crippen LogP) is 6.28. The van der Waals surface area contributed by atoms with Gasteiger partial charge < -0.3 is 10.2 Å². The van der Waals surface area contributed by atoms with Crippen molar-refractivity contribution in [3.63, 3.8) is 0 Å². The Morgan fingerprint density at radius 3 is 2.36 bits per heavy atom. The lowest BCUT2D eigenvalue weighted by atomic mass is 9.89. The lowest BCUT2D eigenvalue weighted by Crippen LogP contribution is -2.77. The van der Waals surface area contributed by atoms with Crippen LogP contribution in [0.15, 0.2) is 71.6 Å². The monoisotopic (exact) mass is 671 g/mol. The zero-order valence-electron chi connectivity index (χ0n) is 25.7. The Morgan fingerprint density at radius 1 is 1.04 bits per heavy atom. The van der Waals surface area contributed by atoms with E-state index in [2.05, 4.69) is 0 Å². The number of hydrogen-bond donors (Lipinski definition) is 2. The average Bonchev–Trinajstić information content (AvgIpc) is 3.61. The van der Waals surface area contributed by atoms with Crippen LogP contribution in [0.5, 0.6) is 0 Å². The van der Waals surface area contributed by atoms with E-state index < -0.39 is 33.0 Å². The number of rotatable bonds is 7. The van der Waals surface area contributed by atoms with Gasteiger partial charge in [0.1, 0.15) is 18.6 Å². The van der Waals surface area contributed by atoms with Gasteiger partial charge in [0, 0.05) is 24.2 Å². The minimum atomic E-state index is -3.38. The molecule has 10 nitrogen and oxygen atoms in total. The number of amides is 1. The van der Waals surface area contributed by atoms with Crippen molar-refractivity contribution < 1.29 is 32.7 Å². The summed E-state index contributed by atoms with van der Waals surface area (Å²) in [6.07, 6.45) is 0.132. The molecule has 45 heavy (non-hydrogen) atoms. The topological polar surface area (TPSA) is 130 Å². The number of carboxylic acids is 1. The first kappa shape index (κ1) is 32.8. The number of carboxylic acid groups (broad SMARTS) is 2. The fourth-order valence-electron chi connectivity index (χ4n) is 5.92. The van der Waals surface area contributed by atoms with Crippen molar-refractivity contribution in [2.45, 2.75) is 50.2 Å². The number of nitrogens with zero attached hydrogens (tertiary/aromatic N) is 4. The Morgan fingerprint density at radius 2 is 1.73 bits per heavy atom. The third-order valence-corrected chi connectivity index (χ3v) is 11.3. The number of benzene rings is 2. The van der Waals surface area contributed by atoms with Crippen LogP contribution in [-0.4, -0.2) is 86.8 Å². The third kappa shape index (κ3) is 6.05. The first-order chi connectivity index (χ1) is 21.0. The number of aliphatic carboxylic acids is 1. The quantitative estimate of drug-likeness (QED) is 0.220. The van der Waals surface area contributed by atoms with Crippen molar-refractivity contribution in [2.24, 2.45) is 0 Å².